The van der Waals surface area contributed by atoms with Crippen LogP contribution in [0.25, 0.3) is 0 Å². The number of carbonyl (C=O) groups excluding carboxylic acids is 1. The number of benzene rings is 1. The van der Waals surface area contributed by atoms with Crippen molar-refractivity contribution in [2.45, 2.75) is 24.9 Å². The van der Waals surface area contributed by atoms with Gasteiger partial charge in [-0.2, -0.15) is 0 Å². The summed E-state index contributed by atoms with van der Waals surface area (Å²) in [6, 6.07) is 2.34. The van der Waals surface area contributed by atoms with Crippen LogP contribution in [0, 0.1) is 5.82 Å². The van der Waals surface area contributed by atoms with Crippen LogP contribution in [0.15, 0.2) is 18.2 Å². The molecule has 0 fully saturated rings. The number of aliphatic hydroxyl groups is 1. The molecule has 9 heteroatoms. The second kappa shape index (κ2) is 8.37. The lowest BCUT2D eigenvalue weighted by Crippen LogP contribution is -2.48. The molecule has 1 rings (SSSR count). The van der Waals surface area contributed by atoms with Crippen LogP contribution in [0.3, 0.4) is 0 Å². The van der Waals surface area contributed by atoms with Crippen LogP contribution in [-0.2, 0) is 6.54 Å². The predicted octanol–water partition coefficient (Wildman–Crippen LogP) is 1.97. The molecule has 0 aliphatic rings. The summed E-state index contributed by atoms with van der Waals surface area (Å²) in [7, 11) is 1.27. The Labute approximate surface area is 137 Å². The zero-order chi connectivity index (χ0) is 17.6. The van der Waals surface area contributed by atoms with E-state index in [0.717, 1.165) is 4.90 Å². The fraction of sp³-hybridized carbons (Fsp3) is 0.500. The van der Waals surface area contributed by atoms with Gasteiger partial charge in [0.1, 0.15) is 5.82 Å². The first-order chi connectivity index (χ1) is 10.7. The van der Waals surface area contributed by atoms with Crippen molar-refractivity contribution in [1.82, 2.24) is 10.2 Å². The number of aliphatic hydroxyl groups excluding tert-OH is 1. The van der Waals surface area contributed by atoms with Crippen LogP contribution in [-0.4, -0.2) is 48.2 Å². The summed E-state index contributed by atoms with van der Waals surface area (Å²) >= 11 is 5.76. The number of urea groups is 1. The Bertz CT molecular complexity index is 546. The van der Waals surface area contributed by atoms with Crippen LogP contribution in [0.2, 0.25) is 5.02 Å². The first-order valence-corrected chi connectivity index (χ1v) is 7.22. The minimum absolute atomic E-state index is 0.0782. The summed E-state index contributed by atoms with van der Waals surface area (Å²) in [5.41, 5.74) is 5.30. The Morgan fingerprint density at radius 2 is 2.17 bits per heavy atom. The maximum Gasteiger partial charge on any atom is 0.317 e. The summed E-state index contributed by atoms with van der Waals surface area (Å²) < 4.78 is 39.9. The lowest BCUT2D eigenvalue weighted by molar-refractivity contribution is -0.0251. The van der Waals surface area contributed by atoms with Crippen molar-refractivity contribution in [3.8, 4) is 0 Å². The average molecular weight is 354 g/mol. The van der Waals surface area contributed by atoms with Gasteiger partial charge in [0.2, 0.25) is 0 Å². The number of nitrogens with one attached hydrogen (secondary N) is 1. The number of likely N-dealkylation sites (N-methyl/N-ethyl adjacent to an activating group) is 1. The predicted molar refractivity (Wildman–Crippen MR) is 80.9 cm³/mol. The molecule has 0 radical (unpaired) electrons. The Kier molecular flexibility index (Phi) is 7.11. The third kappa shape index (κ3) is 5.56. The Morgan fingerprint density at radius 3 is 2.74 bits per heavy atom. The van der Waals surface area contributed by atoms with Gasteiger partial charge >= 0.3 is 6.03 Å². The quantitative estimate of drug-likeness (QED) is 0.701. The average Bonchev–Trinajstić information content (AvgIpc) is 2.53. The van der Waals surface area contributed by atoms with Crippen LogP contribution in [0.1, 0.15) is 12.0 Å². The molecule has 5 nitrogen and oxygen atoms in total. The van der Waals surface area contributed by atoms with E-state index in [1.54, 1.807) is 0 Å². The van der Waals surface area contributed by atoms with Crippen LogP contribution in [0.4, 0.5) is 18.0 Å². The van der Waals surface area contributed by atoms with E-state index < -0.39 is 43.4 Å². The topological polar surface area (TPSA) is 78.6 Å². The van der Waals surface area contributed by atoms with Gasteiger partial charge in [-0.05, 0) is 11.6 Å². The first-order valence-electron chi connectivity index (χ1n) is 6.84. The van der Waals surface area contributed by atoms with E-state index in [-0.39, 0.29) is 11.6 Å². The highest BCUT2D eigenvalue weighted by atomic mass is 35.5. The molecule has 0 unspecified atom stereocenters. The first kappa shape index (κ1) is 19.5. The summed E-state index contributed by atoms with van der Waals surface area (Å²) in [4.78, 5) is 12.9. The number of rotatable bonds is 7. The van der Waals surface area contributed by atoms with Crippen molar-refractivity contribution in [3.05, 3.63) is 34.6 Å². The van der Waals surface area contributed by atoms with Gasteiger partial charge in [0, 0.05) is 20.0 Å². The van der Waals surface area contributed by atoms with Gasteiger partial charge in [-0.3, -0.25) is 0 Å². The van der Waals surface area contributed by atoms with Gasteiger partial charge in [0.05, 0.1) is 24.2 Å². The largest absolute Gasteiger partial charge is 0.394 e. The zero-order valence-corrected chi connectivity index (χ0v) is 13.3. The van der Waals surface area contributed by atoms with Crippen molar-refractivity contribution >= 4 is 17.6 Å². The van der Waals surface area contributed by atoms with Gasteiger partial charge in [0.25, 0.3) is 5.92 Å². The van der Waals surface area contributed by atoms with Crippen LogP contribution < -0.4 is 11.1 Å². The van der Waals surface area contributed by atoms with Crippen molar-refractivity contribution in [3.63, 3.8) is 0 Å². The molecule has 130 valence electrons. The minimum Gasteiger partial charge on any atom is -0.394 e. The van der Waals surface area contributed by atoms with Crippen molar-refractivity contribution in [2.24, 2.45) is 5.73 Å². The second-order valence-corrected chi connectivity index (χ2v) is 5.46. The van der Waals surface area contributed by atoms with Gasteiger partial charge in [0.15, 0.2) is 0 Å². The lowest BCUT2D eigenvalue weighted by Gasteiger charge is -2.29. The smallest absolute Gasteiger partial charge is 0.317 e. The highest BCUT2D eigenvalue weighted by molar-refractivity contribution is 6.31. The Hall–Kier alpha value is -1.51. The molecule has 0 saturated carbocycles. The van der Waals surface area contributed by atoms with E-state index in [2.05, 4.69) is 5.32 Å². The highest BCUT2D eigenvalue weighted by Crippen LogP contribution is 2.22. The van der Waals surface area contributed by atoms with Gasteiger partial charge in [-0.1, -0.05) is 23.7 Å². The fourth-order valence-corrected chi connectivity index (χ4v) is 2.09. The third-order valence-electron chi connectivity index (χ3n) is 3.37. The van der Waals surface area contributed by atoms with Crippen molar-refractivity contribution < 1.29 is 23.1 Å². The van der Waals surface area contributed by atoms with Gasteiger partial charge in [-0.15, -0.1) is 0 Å². The van der Waals surface area contributed by atoms with E-state index in [1.807, 2.05) is 0 Å². The number of carbonyl (C=O) groups is 1. The van der Waals surface area contributed by atoms with Crippen molar-refractivity contribution in [2.75, 3.05) is 20.2 Å². The molecular weight excluding hydrogens is 335 g/mol. The minimum atomic E-state index is -3.19. The second-order valence-electron chi connectivity index (χ2n) is 5.08. The zero-order valence-electron chi connectivity index (χ0n) is 12.5. The SMILES string of the molecule is CN(C(=O)NCc1cccc(F)c1Cl)[C@H](CO)CC(F)(F)CN. The maximum atomic E-state index is 13.3. The molecule has 0 saturated heterocycles. The number of hydrogen-bond acceptors (Lipinski definition) is 3. The van der Waals surface area contributed by atoms with E-state index >= 15 is 0 Å². The molecule has 4 N–H and O–H groups in total. The maximum absolute atomic E-state index is 13.3. The molecule has 2 amide bonds. The molecule has 0 bridgehead atoms. The molecule has 1 aromatic rings. The molecular formula is C14H19ClF3N3O2. The van der Waals surface area contributed by atoms with Gasteiger partial charge < -0.3 is 21.1 Å². The molecule has 1 aromatic carbocycles. The van der Waals surface area contributed by atoms with E-state index in [0.29, 0.717) is 5.56 Å². The van der Waals surface area contributed by atoms with Crippen molar-refractivity contribution in [1.29, 1.82) is 0 Å². The van der Waals surface area contributed by atoms with Gasteiger partial charge in [-0.25, -0.2) is 18.0 Å². The molecule has 0 aliphatic heterocycles. The Morgan fingerprint density at radius 1 is 1.52 bits per heavy atom. The monoisotopic (exact) mass is 353 g/mol. The highest BCUT2D eigenvalue weighted by Gasteiger charge is 2.33. The molecule has 0 aromatic heterocycles. The third-order valence-corrected chi connectivity index (χ3v) is 3.80. The molecule has 1 atom stereocenters. The standard InChI is InChI=1S/C14H19ClF3N3O2/c1-21(10(7-22)5-14(17,18)8-19)13(23)20-6-9-3-2-4-11(16)12(9)15/h2-4,10,22H,5-8,19H2,1H3,(H,20,23)/t10-/m0/s1. The number of nitrogens with zero attached hydrogens (tertiary/aromatic N) is 1. The van der Waals surface area contributed by atoms with E-state index in [1.165, 1.54) is 25.2 Å². The molecule has 0 spiro atoms. The summed E-state index contributed by atoms with van der Waals surface area (Å²) in [5, 5.41) is 11.5. The summed E-state index contributed by atoms with van der Waals surface area (Å²) in [6.07, 6.45) is -0.759. The van der Waals surface area contributed by atoms with E-state index in [4.69, 9.17) is 17.3 Å². The molecule has 0 heterocycles. The van der Waals surface area contributed by atoms with E-state index in [9.17, 15) is 23.1 Å². The number of alkyl halides is 2. The number of hydrogen-bond donors (Lipinski definition) is 3. The molecule has 0 aliphatic carbocycles. The van der Waals surface area contributed by atoms with Crippen LogP contribution in [0.5, 0.6) is 0 Å². The Balaban J connectivity index is 2.67. The number of nitrogens with two attached hydrogens (primary N) is 1. The fourth-order valence-electron chi connectivity index (χ4n) is 1.90. The molecule has 23 heavy (non-hydrogen) atoms. The number of amides is 2. The normalized spacial score (nSPS) is 12.8. The van der Waals surface area contributed by atoms with Crippen LogP contribution >= 0.6 is 11.6 Å². The lowest BCUT2D eigenvalue weighted by atomic mass is 10.1. The number of halogens is 4. The summed E-state index contributed by atoms with van der Waals surface area (Å²) in [5.74, 6) is -3.81. The summed E-state index contributed by atoms with van der Waals surface area (Å²) in [6.45, 7) is -1.59.